The van der Waals surface area contributed by atoms with Crippen molar-refractivity contribution in [1.82, 2.24) is 9.99 Å². The van der Waals surface area contributed by atoms with Crippen LogP contribution >= 0.6 is 0 Å². The lowest BCUT2D eigenvalue weighted by Gasteiger charge is -2.05. The Labute approximate surface area is 178 Å². The summed E-state index contributed by atoms with van der Waals surface area (Å²) in [7, 11) is 0. The number of nitrogens with one attached hydrogen (secondary N) is 1. The molecule has 1 amide bonds. The van der Waals surface area contributed by atoms with Gasteiger partial charge in [-0.3, -0.25) is 14.9 Å². The second-order valence-electron chi connectivity index (χ2n) is 7.11. The predicted molar refractivity (Wildman–Crippen MR) is 120 cm³/mol. The minimum atomic E-state index is -0.470. The minimum Gasteiger partial charge on any atom is -0.342 e. The van der Waals surface area contributed by atoms with Crippen LogP contribution in [0.15, 0.2) is 90.2 Å². The highest BCUT2D eigenvalue weighted by atomic mass is 16.6. The van der Waals surface area contributed by atoms with Crippen molar-refractivity contribution in [3.63, 3.8) is 0 Å². The summed E-state index contributed by atoms with van der Waals surface area (Å²) in [5.41, 5.74) is 6.39. The summed E-state index contributed by atoms with van der Waals surface area (Å²) < 4.78 is 2.16. The Morgan fingerprint density at radius 3 is 2.42 bits per heavy atom. The first-order chi connectivity index (χ1) is 15.1. The molecule has 0 spiro atoms. The number of carbonyl (C=O) groups excluding carboxylic acids is 1. The van der Waals surface area contributed by atoms with Crippen LogP contribution in [0.25, 0.3) is 10.9 Å². The number of non-ortho nitro benzene ring substituents is 1. The first-order valence-corrected chi connectivity index (χ1v) is 9.77. The second-order valence-corrected chi connectivity index (χ2v) is 7.11. The molecule has 1 aromatic heterocycles. The molecule has 7 nitrogen and oxygen atoms in total. The SMILES string of the molecule is O=C(Cc1ccc([N+](=O)[O-])cc1)N/N=C\c1cn(Cc2ccccc2)c2ccccc12. The Morgan fingerprint density at radius 2 is 1.68 bits per heavy atom. The van der Waals surface area contributed by atoms with E-state index < -0.39 is 4.92 Å². The van der Waals surface area contributed by atoms with Gasteiger partial charge < -0.3 is 4.57 Å². The van der Waals surface area contributed by atoms with Crippen LogP contribution in [0.3, 0.4) is 0 Å². The van der Waals surface area contributed by atoms with Gasteiger partial charge in [0.1, 0.15) is 0 Å². The maximum Gasteiger partial charge on any atom is 0.269 e. The topological polar surface area (TPSA) is 89.5 Å². The monoisotopic (exact) mass is 412 g/mol. The van der Waals surface area contributed by atoms with E-state index in [1.54, 1.807) is 18.3 Å². The molecule has 0 bridgehead atoms. The number of hydrazone groups is 1. The van der Waals surface area contributed by atoms with Crippen LogP contribution in [0.4, 0.5) is 5.69 Å². The molecule has 1 heterocycles. The highest BCUT2D eigenvalue weighted by Crippen LogP contribution is 2.21. The number of nitro groups is 1. The molecule has 0 atom stereocenters. The largest absolute Gasteiger partial charge is 0.342 e. The van der Waals surface area contributed by atoms with Gasteiger partial charge in [-0.1, -0.05) is 60.7 Å². The van der Waals surface area contributed by atoms with Crippen molar-refractivity contribution < 1.29 is 9.72 Å². The van der Waals surface area contributed by atoms with Crippen LogP contribution in [0.2, 0.25) is 0 Å². The van der Waals surface area contributed by atoms with E-state index in [2.05, 4.69) is 33.3 Å². The van der Waals surface area contributed by atoms with Gasteiger partial charge in [-0.05, 0) is 17.2 Å². The number of benzene rings is 3. The van der Waals surface area contributed by atoms with E-state index in [9.17, 15) is 14.9 Å². The number of rotatable bonds is 7. The van der Waals surface area contributed by atoms with Crippen LogP contribution < -0.4 is 5.43 Å². The summed E-state index contributed by atoms with van der Waals surface area (Å²) in [6.45, 7) is 0.738. The zero-order chi connectivity index (χ0) is 21.6. The molecule has 0 unspecified atom stereocenters. The average Bonchev–Trinajstić information content (AvgIpc) is 3.12. The van der Waals surface area contributed by atoms with Gasteiger partial charge in [0.05, 0.1) is 17.6 Å². The van der Waals surface area contributed by atoms with Gasteiger partial charge in [0.2, 0.25) is 5.91 Å². The van der Waals surface area contributed by atoms with E-state index >= 15 is 0 Å². The Kier molecular flexibility index (Phi) is 5.84. The predicted octanol–water partition coefficient (Wildman–Crippen LogP) is 4.29. The molecule has 1 N–H and O–H groups in total. The number of nitro benzene ring substituents is 1. The molecule has 4 rings (SSSR count). The van der Waals surface area contributed by atoms with Crippen molar-refractivity contribution in [2.24, 2.45) is 5.10 Å². The summed E-state index contributed by atoms with van der Waals surface area (Å²) in [5, 5.41) is 15.9. The Hall–Kier alpha value is -4.26. The normalized spacial score (nSPS) is 11.1. The number of aromatic nitrogens is 1. The lowest BCUT2D eigenvalue weighted by molar-refractivity contribution is -0.384. The quantitative estimate of drug-likeness (QED) is 0.279. The van der Waals surface area contributed by atoms with Gasteiger partial charge in [0, 0.05) is 41.3 Å². The van der Waals surface area contributed by atoms with Crippen LogP contribution in [0.5, 0.6) is 0 Å². The van der Waals surface area contributed by atoms with Crippen molar-refractivity contribution in [2.75, 3.05) is 0 Å². The molecular formula is C24H20N4O3. The number of hydrogen-bond acceptors (Lipinski definition) is 4. The molecule has 7 heteroatoms. The number of hydrogen-bond donors (Lipinski definition) is 1. The van der Waals surface area contributed by atoms with E-state index in [1.807, 2.05) is 42.6 Å². The summed E-state index contributed by atoms with van der Waals surface area (Å²) in [6.07, 6.45) is 3.74. The van der Waals surface area contributed by atoms with E-state index in [0.29, 0.717) is 5.56 Å². The highest BCUT2D eigenvalue weighted by Gasteiger charge is 2.09. The van der Waals surface area contributed by atoms with Gasteiger partial charge in [0.15, 0.2) is 0 Å². The van der Waals surface area contributed by atoms with Crippen molar-refractivity contribution in [2.45, 2.75) is 13.0 Å². The third kappa shape index (κ3) is 4.84. The van der Waals surface area contributed by atoms with Gasteiger partial charge in [-0.25, -0.2) is 5.43 Å². The van der Waals surface area contributed by atoms with Crippen molar-refractivity contribution in [1.29, 1.82) is 0 Å². The smallest absolute Gasteiger partial charge is 0.269 e. The fourth-order valence-corrected chi connectivity index (χ4v) is 3.42. The summed E-state index contributed by atoms with van der Waals surface area (Å²) >= 11 is 0. The summed E-state index contributed by atoms with van der Waals surface area (Å²) in [6, 6.07) is 24.2. The summed E-state index contributed by atoms with van der Waals surface area (Å²) in [5.74, 6) is -0.293. The number of carbonyl (C=O) groups is 1. The van der Waals surface area contributed by atoms with E-state index in [0.717, 1.165) is 23.0 Å². The van der Waals surface area contributed by atoms with Gasteiger partial charge in [-0.2, -0.15) is 5.10 Å². The Bertz CT molecular complexity index is 1250. The molecule has 31 heavy (non-hydrogen) atoms. The molecule has 3 aromatic carbocycles. The number of nitrogens with zero attached hydrogens (tertiary/aromatic N) is 3. The van der Waals surface area contributed by atoms with Crippen molar-refractivity contribution in [3.8, 4) is 0 Å². The Balaban J connectivity index is 1.45. The maximum atomic E-state index is 12.2. The average molecular weight is 412 g/mol. The van der Waals surface area contributed by atoms with Crippen LogP contribution in [0, 0.1) is 10.1 Å². The van der Waals surface area contributed by atoms with Gasteiger partial charge >= 0.3 is 0 Å². The lowest BCUT2D eigenvalue weighted by atomic mass is 10.1. The molecule has 154 valence electrons. The standard InChI is InChI=1S/C24H20N4O3/c29-24(14-18-10-12-21(13-11-18)28(30)31)26-25-15-20-17-27(16-19-6-2-1-3-7-19)23-9-5-4-8-22(20)23/h1-13,15,17H,14,16H2,(H,26,29)/b25-15-. The first-order valence-electron chi connectivity index (χ1n) is 9.77. The maximum absolute atomic E-state index is 12.2. The van der Waals surface area contributed by atoms with Crippen LogP contribution in [-0.4, -0.2) is 21.6 Å². The lowest BCUT2D eigenvalue weighted by Crippen LogP contribution is -2.19. The molecule has 4 aromatic rings. The van der Waals surface area contributed by atoms with Gasteiger partial charge in [-0.15, -0.1) is 0 Å². The fraction of sp³-hybridized carbons (Fsp3) is 0.0833. The van der Waals surface area contributed by atoms with E-state index in [-0.39, 0.29) is 18.0 Å². The molecule has 0 aliphatic heterocycles. The molecular weight excluding hydrogens is 392 g/mol. The molecule has 0 aliphatic carbocycles. The molecule has 0 saturated heterocycles. The van der Waals surface area contributed by atoms with E-state index in [1.165, 1.54) is 17.7 Å². The molecule has 0 radical (unpaired) electrons. The number of para-hydroxylation sites is 1. The first kappa shape index (κ1) is 20.0. The summed E-state index contributed by atoms with van der Waals surface area (Å²) in [4.78, 5) is 22.4. The zero-order valence-electron chi connectivity index (χ0n) is 16.6. The van der Waals surface area contributed by atoms with Crippen molar-refractivity contribution in [3.05, 3.63) is 112 Å². The molecule has 0 aliphatic rings. The van der Waals surface area contributed by atoms with Crippen molar-refractivity contribution >= 4 is 28.7 Å². The number of fused-ring (bicyclic) bond motifs is 1. The second kappa shape index (κ2) is 9.04. The molecule has 0 saturated carbocycles. The van der Waals surface area contributed by atoms with Gasteiger partial charge in [0.25, 0.3) is 5.69 Å². The van der Waals surface area contributed by atoms with Crippen LogP contribution in [0.1, 0.15) is 16.7 Å². The third-order valence-electron chi connectivity index (χ3n) is 4.92. The Morgan fingerprint density at radius 1 is 0.968 bits per heavy atom. The zero-order valence-corrected chi connectivity index (χ0v) is 16.6. The fourth-order valence-electron chi connectivity index (χ4n) is 3.42. The number of amides is 1. The highest BCUT2D eigenvalue weighted by molar-refractivity contribution is 5.99. The van der Waals surface area contributed by atoms with Crippen LogP contribution in [-0.2, 0) is 17.8 Å². The minimum absolute atomic E-state index is 0.00549. The third-order valence-corrected chi connectivity index (χ3v) is 4.92. The molecule has 0 fully saturated rings. The van der Waals surface area contributed by atoms with E-state index in [4.69, 9.17) is 0 Å².